The van der Waals surface area contributed by atoms with E-state index in [1.54, 1.807) is 6.07 Å². The second-order valence-corrected chi connectivity index (χ2v) is 5.94. The molecule has 1 amide bonds. The molecule has 21 heavy (non-hydrogen) atoms. The van der Waals surface area contributed by atoms with Crippen LogP contribution in [0.1, 0.15) is 32.3 Å². The number of nitrogens with one attached hydrogen (secondary N) is 2. The highest BCUT2D eigenvalue weighted by Crippen LogP contribution is 2.21. The molecule has 1 fully saturated rings. The third-order valence-corrected chi connectivity index (χ3v) is 3.18. The van der Waals surface area contributed by atoms with E-state index in [0.29, 0.717) is 30.8 Å². The largest absolute Gasteiger partial charge is 0.484 e. The van der Waals surface area contributed by atoms with Crippen molar-refractivity contribution in [3.8, 4) is 5.75 Å². The topological polar surface area (TPSA) is 50.4 Å². The Morgan fingerprint density at radius 3 is 2.81 bits per heavy atom. The van der Waals surface area contributed by atoms with Gasteiger partial charge in [-0.1, -0.05) is 13.8 Å². The Morgan fingerprint density at radius 2 is 2.14 bits per heavy atom. The van der Waals surface area contributed by atoms with Gasteiger partial charge in [-0.05, 0) is 36.5 Å². The van der Waals surface area contributed by atoms with Crippen LogP contribution in [0.4, 0.5) is 4.39 Å². The molecule has 1 saturated carbocycles. The monoisotopic (exact) mass is 294 g/mol. The minimum atomic E-state index is -0.345. The van der Waals surface area contributed by atoms with Crippen LogP contribution in [0, 0.1) is 11.7 Å². The van der Waals surface area contributed by atoms with Gasteiger partial charge in [0.25, 0.3) is 5.91 Å². The SMILES string of the molecule is CC(C)CNC(=O)COc1cc(F)cc(CNC2CC2)c1. The summed E-state index contributed by atoms with van der Waals surface area (Å²) in [6, 6.07) is 5.13. The Kier molecular flexibility index (Phi) is 5.56. The van der Waals surface area contributed by atoms with Gasteiger partial charge < -0.3 is 15.4 Å². The second kappa shape index (κ2) is 7.41. The molecule has 0 unspecified atom stereocenters. The van der Waals surface area contributed by atoms with Crippen molar-refractivity contribution in [2.24, 2.45) is 5.92 Å². The number of carbonyl (C=O) groups excluding carboxylic acids is 1. The number of benzene rings is 1. The number of amides is 1. The number of ether oxygens (including phenoxy) is 1. The normalized spacial score (nSPS) is 14.3. The minimum Gasteiger partial charge on any atom is -0.484 e. The first kappa shape index (κ1) is 15.8. The number of halogens is 1. The zero-order valence-electron chi connectivity index (χ0n) is 12.6. The smallest absolute Gasteiger partial charge is 0.257 e. The standard InChI is InChI=1S/C16H23FN2O2/c1-11(2)8-19-16(20)10-21-15-6-12(5-13(17)7-15)9-18-14-3-4-14/h5-7,11,14,18H,3-4,8-10H2,1-2H3,(H,19,20). The summed E-state index contributed by atoms with van der Waals surface area (Å²) in [7, 11) is 0. The van der Waals surface area contributed by atoms with Gasteiger partial charge in [0.1, 0.15) is 11.6 Å². The van der Waals surface area contributed by atoms with Gasteiger partial charge >= 0.3 is 0 Å². The molecule has 0 heterocycles. The molecule has 4 nitrogen and oxygen atoms in total. The predicted molar refractivity (Wildman–Crippen MR) is 79.6 cm³/mol. The summed E-state index contributed by atoms with van der Waals surface area (Å²) in [5, 5.41) is 6.08. The first-order valence-corrected chi connectivity index (χ1v) is 7.45. The van der Waals surface area contributed by atoms with E-state index in [1.165, 1.54) is 25.0 Å². The maximum absolute atomic E-state index is 13.5. The summed E-state index contributed by atoms with van der Waals surface area (Å²) < 4.78 is 18.9. The van der Waals surface area contributed by atoms with Crippen molar-refractivity contribution >= 4 is 5.91 Å². The lowest BCUT2D eigenvalue weighted by Crippen LogP contribution is -2.31. The molecule has 5 heteroatoms. The van der Waals surface area contributed by atoms with E-state index in [9.17, 15) is 9.18 Å². The molecule has 1 aromatic rings. The Bertz CT molecular complexity index is 487. The number of hydrogen-bond donors (Lipinski definition) is 2. The highest BCUT2D eigenvalue weighted by molar-refractivity contribution is 5.77. The van der Waals surface area contributed by atoms with Crippen molar-refractivity contribution in [1.29, 1.82) is 0 Å². The quantitative estimate of drug-likeness (QED) is 0.773. The number of rotatable bonds is 8. The van der Waals surface area contributed by atoms with Crippen LogP contribution in [-0.4, -0.2) is 25.1 Å². The van der Waals surface area contributed by atoms with Crippen LogP contribution in [0.15, 0.2) is 18.2 Å². The fraction of sp³-hybridized carbons (Fsp3) is 0.562. The maximum Gasteiger partial charge on any atom is 0.257 e. The van der Waals surface area contributed by atoms with Crippen LogP contribution in [0.3, 0.4) is 0 Å². The lowest BCUT2D eigenvalue weighted by Gasteiger charge is -2.10. The van der Waals surface area contributed by atoms with Crippen molar-refractivity contribution in [1.82, 2.24) is 10.6 Å². The van der Waals surface area contributed by atoms with Crippen LogP contribution in [0.5, 0.6) is 5.75 Å². The zero-order chi connectivity index (χ0) is 15.2. The fourth-order valence-corrected chi connectivity index (χ4v) is 1.87. The molecule has 0 aliphatic heterocycles. The van der Waals surface area contributed by atoms with Crippen molar-refractivity contribution < 1.29 is 13.9 Å². The van der Waals surface area contributed by atoms with E-state index >= 15 is 0 Å². The lowest BCUT2D eigenvalue weighted by molar-refractivity contribution is -0.123. The molecule has 1 aliphatic carbocycles. The number of hydrogen-bond acceptors (Lipinski definition) is 3. The zero-order valence-corrected chi connectivity index (χ0v) is 12.6. The Morgan fingerprint density at radius 1 is 1.38 bits per heavy atom. The maximum atomic E-state index is 13.5. The number of carbonyl (C=O) groups is 1. The highest BCUT2D eigenvalue weighted by atomic mass is 19.1. The van der Waals surface area contributed by atoms with E-state index in [4.69, 9.17) is 4.74 Å². The predicted octanol–water partition coefficient (Wildman–Crippen LogP) is 2.23. The van der Waals surface area contributed by atoms with Crippen molar-refractivity contribution in [2.75, 3.05) is 13.2 Å². The van der Waals surface area contributed by atoms with Crippen molar-refractivity contribution in [3.63, 3.8) is 0 Å². The first-order valence-electron chi connectivity index (χ1n) is 7.45. The molecule has 0 saturated heterocycles. The molecule has 0 atom stereocenters. The Labute approximate surface area is 125 Å². The molecule has 1 aromatic carbocycles. The molecule has 116 valence electrons. The third kappa shape index (κ3) is 6.12. The Hall–Kier alpha value is -1.62. The molecule has 2 N–H and O–H groups in total. The van der Waals surface area contributed by atoms with E-state index < -0.39 is 0 Å². The van der Waals surface area contributed by atoms with Gasteiger partial charge in [0.15, 0.2) is 6.61 Å². The van der Waals surface area contributed by atoms with Crippen LogP contribution in [-0.2, 0) is 11.3 Å². The van der Waals surface area contributed by atoms with Gasteiger partial charge in [0.2, 0.25) is 0 Å². The summed E-state index contributed by atoms with van der Waals surface area (Å²) in [6.07, 6.45) is 2.38. The lowest BCUT2D eigenvalue weighted by atomic mass is 10.2. The van der Waals surface area contributed by atoms with Crippen molar-refractivity contribution in [3.05, 3.63) is 29.6 Å². The minimum absolute atomic E-state index is 0.0916. The molecule has 2 rings (SSSR count). The van der Waals surface area contributed by atoms with Crippen LogP contribution in [0.2, 0.25) is 0 Å². The second-order valence-electron chi connectivity index (χ2n) is 5.94. The van der Waals surface area contributed by atoms with E-state index in [-0.39, 0.29) is 18.3 Å². The van der Waals surface area contributed by atoms with E-state index in [0.717, 1.165) is 5.56 Å². The molecule has 0 spiro atoms. The molecule has 0 aromatic heterocycles. The van der Waals surface area contributed by atoms with Gasteiger partial charge in [-0.3, -0.25) is 4.79 Å². The molecule has 0 radical (unpaired) electrons. The molecular weight excluding hydrogens is 271 g/mol. The van der Waals surface area contributed by atoms with Gasteiger partial charge in [0, 0.05) is 25.2 Å². The summed E-state index contributed by atoms with van der Waals surface area (Å²) in [4.78, 5) is 11.6. The fourth-order valence-electron chi connectivity index (χ4n) is 1.87. The van der Waals surface area contributed by atoms with Gasteiger partial charge in [-0.2, -0.15) is 0 Å². The van der Waals surface area contributed by atoms with E-state index in [1.807, 2.05) is 13.8 Å². The van der Waals surface area contributed by atoms with Crippen LogP contribution in [0.25, 0.3) is 0 Å². The highest BCUT2D eigenvalue weighted by Gasteiger charge is 2.20. The molecule has 0 bridgehead atoms. The van der Waals surface area contributed by atoms with Crippen molar-refractivity contribution in [2.45, 2.75) is 39.3 Å². The van der Waals surface area contributed by atoms with Crippen LogP contribution < -0.4 is 15.4 Å². The molecular formula is C16H23FN2O2. The average Bonchev–Trinajstić information content (AvgIpc) is 3.24. The summed E-state index contributed by atoms with van der Waals surface area (Å²) in [6.45, 7) is 5.19. The third-order valence-electron chi connectivity index (χ3n) is 3.18. The van der Waals surface area contributed by atoms with E-state index in [2.05, 4.69) is 10.6 Å². The first-order chi connectivity index (χ1) is 10.0. The van der Waals surface area contributed by atoms with Gasteiger partial charge in [0.05, 0.1) is 0 Å². The Balaban J connectivity index is 1.82. The summed E-state index contributed by atoms with van der Waals surface area (Å²) in [5.74, 6) is 0.249. The van der Waals surface area contributed by atoms with Crippen LogP contribution >= 0.6 is 0 Å². The summed E-state index contributed by atoms with van der Waals surface area (Å²) >= 11 is 0. The van der Waals surface area contributed by atoms with Gasteiger partial charge in [-0.15, -0.1) is 0 Å². The van der Waals surface area contributed by atoms with Gasteiger partial charge in [-0.25, -0.2) is 4.39 Å². The average molecular weight is 294 g/mol. The summed E-state index contributed by atoms with van der Waals surface area (Å²) in [5.41, 5.74) is 0.833. The molecule has 1 aliphatic rings.